The van der Waals surface area contributed by atoms with E-state index in [1.807, 2.05) is 0 Å². The zero-order valence-corrected chi connectivity index (χ0v) is 9.16. The first-order chi connectivity index (χ1) is 5.62. The fourth-order valence-electron chi connectivity index (χ4n) is 3.38. The van der Waals surface area contributed by atoms with Gasteiger partial charge in [0, 0.05) is 12.3 Å². The molecule has 2 rings (SSSR count). The molecular formula is C11H23NO. The second-order valence-corrected chi connectivity index (χ2v) is 5.33. The Bertz CT molecular complexity index is 179. The topological polar surface area (TPSA) is 30.0 Å². The second-order valence-electron chi connectivity index (χ2n) is 5.33. The van der Waals surface area contributed by atoms with Crippen LogP contribution >= 0.6 is 0 Å². The van der Waals surface area contributed by atoms with Gasteiger partial charge in [-0.3, -0.25) is 0 Å². The Morgan fingerprint density at radius 2 is 1.69 bits per heavy atom. The minimum atomic E-state index is 0. The quantitative estimate of drug-likeness (QED) is 0.532. The Labute approximate surface area is 81.8 Å². The maximum atomic E-state index is 2.43. The van der Waals surface area contributed by atoms with Gasteiger partial charge in [0.25, 0.3) is 0 Å². The summed E-state index contributed by atoms with van der Waals surface area (Å²) in [6, 6.07) is 1.90. The standard InChI is InChI=1S/C11H22N.H2O/c1-9-8-10-6-4-5-7-11(10)12(9,2)3;/h9-11H,4-8H2,1-3H3;1H2/q+1;/p-1. The van der Waals surface area contributed by atoms with Gasteiger partial charge in [-0.2, -0.15) is 0 Å². The van der Waals surface area contributed by atoms with Crippen molar-refractivity contribution in [2.24, 2.45) is 5.92 Å². The maximum Gasteiger partial charge on any atom is 0.0918 e. The number of fused-ring (bicyclic) bond motifs is 1. The molecule has 0 aromatic carbocycles. The molecule has 2 fully saturated rings. The highest BCUT2D eigenvalue weighted by molar-refractivity contribution is 4.84. The summed E-state index contributed by atoms with van der Waals surface area (Å²) in [5.74, 6) is 1.06. The van der Waals surface area contributed by atoms with Gasteiger partial charge in [0.1, 0.15) is 0 Å². The molecule has 1 N–H and O–H groups in total. The third-order valence-corrected chi connectivity index (χ3v) is 4.50. The van der Waals surface area contributed by atoms with Crippen LogP contribution in [0.4, 0.5) is 0 Å². The lowest BCUT2D eigenvalue weighted by atomic mass is 9.84. The van der Waals surface area contributed by atoms with Gasteiger partial charge in [0.2, 0.25) is 0 Å². The van der Waals surface area contributed by atoms with Crippen LogP contribution in [-0.2, 0) is 0 Å². The van der Waals surface area contributed by atoms with E-state index >= 15 is 0 Å². The lowest BCUT2D eigenvalue weighted by molar-refractivity contribution is -0.925. The van der Waals surface area contributed by atoms with Crippen LogP contribution in [0.5, 0.6) is 0 Å². The van der Waals surface area contributed by atoms with E-state index in [4.69, 9.17) is 0 Å². The summed E-state index contributed by atoms with van der Waals surface area (Å²) in [5.41, 5.74) is 0. The van der Waals surface area contributed by atoms with Crippen molar-refractivity contribution in [1.82, 2.24) is 0 Å². The normalized spacial score (nSPS) is 42.2. The fraction of sp³-hybridized carbons (Fsp3) is 1.00. The number of nitrogens with zero attached hydrogens (tertiary/aromatic N) is 1. The van der Waals surface area contributed by atoms with Crippen molar-refractivity contribution in [2.75, 3.05) is 14.1 Å². The number of likely N-dealkylation sites (tertiary alicyclic amines) is 1. The van der Waals surface area contributed by atoms with Gasteiger partial charge in [-0.25, -0.2) is 0 Å². The molecule has 2 aliphatic rings. The molecule has 0 bridgehead atoms. The Kier molecular flexibility index (Phi) is 3.03. The minimum absolute atomic E-state index is 0. The number of quaternary nitrogens is 1. The molecule has 0 radical (unpaired) electrons. The van der Waals surface area contributed by atoms with Crippen molar-refractivity contribution in [3.63, 3.8) is 0 Å². The second kappa shape index (κ2) is 3.58. The van der Waals surface area contributed by atoms with Crippen molar-refractivity contribution in [3.05, 3.63) is 0 Å². The van der Waals surface area contributed by atoms with Crippen molar-refractivity contribution in [1.29, 1.82) is 0 Å². The summed E-state index contributed by atoms with van der Waals surface area (Å²) in [6.07, 6.45) is 7.46. The molecule has 1 saturated heterocycles. The molecule has 0 aromatic rings. The zero-order valence-electron chi connectivity index (χ0n) is 9.16. The van der Waals surface area contributed by atoms with Crippen LogP contribution in [0.15, 0.2) is 0 Å². The predicted octanol–water partition coefficient (Wildman–Crippen LogP) is 2.24. The summed E-state index contributed by atoms with van der Waals surface area (Å²) < 4.78 is 1.30. The van der Waals surface area contributed by atoms with Gasteiger partial charge < -0.3 is 9.96 Å². The molecule has 0 aromatic heterocycles. The average molecular weight is 185 g/mol. The first kappa shape index (κ1) is 11.0. The van der Waals surface area contributed by atoms with Crippen molar-refractivity contribution in [3.8, 4) is 0 Å². The maximum absolute atomic E-state index is 2.43. The van der Waals surface area contributed by atoms with Gasteiger partial charge in [-0.15, -0.1) is 0 Å². The third-order valence-electron chi connectivity index (χ3n) is 4.50. The van der Waals surface area contributed by atoms with Crippen LogP contribution in [-0.4, -0.2) is 36.1 Å². The number of hydrogen-bond acceptors (Lipinski definition) is 1. The molecule has 0 amide bonds. The van der Waals surface area contributed by atoms with E-state index in [-0.39, 0.29) is 5.48 Å². The van der Waals surface area contributed by atoms with E-state index in [1.54, 1.807) is 0 Å². The van der Waals surface area contributed by atoms with Crippen LogP contribution in [0, 0.1) is 5.92 Å². The van der Waals surface area contributed by atoms with E-state index in [0.29, 0.717) is 0 Å². The Morgan fingerprint density at radius 3 is 2.31 bits per heavy atom. The van der Waals surface area contributed by atoms with E-state index in [1.165, 1.54) is 36.6 Å². The lowest BCUT2D eigenvalue weighted by Gasteiger charge is -2.39. The van der Waals surface area contributed by atoms with Gasteiger partial charge in [0.05, 0.1) is 26.2 Å². The largest absolute Gasteiger partial charge is 0.870 e. The molecule has 0 spiro atoms. The first-order valence-electron chi connectivity index (χ1n) is 5.45. The summed E-state index contributed by atoms with van der Waals surface area (Å²) in [6.45, 7) is 2.43. The monoisotopic (exact) mass is 185 g/mol. The van der Waals surface area contributed by atoms with Crippen molar-refractivity contribution in [2.45, 2.75) is 51.1 Å². The molecule has 3 atom stereocenters. The molecular weight excluding hydrogens is 162 g/mol. The molecule has 78 valence electrons. The van der Waals surface area contributed by atoms with Gasteiger partial charge in [0.15, 0.2) is 0 Å². The summed E-state index contributed by atoms with van der Waals surface area (Å²) in [4.78, 5) is 0. The summed E-state index contributed by atoms with van der Waals surface area (Å²) in [5, 5.41) is 0. The highest BCUT2D eigenvalue weighted by Crippen LogP contribution is 2.42. The van der Waals surface area contributed by atoms with Gasteiger partial charge >= 0.3 is 0 Å². The van der Waals surface area contributed by atoms with E-state index < -0.39 is 0 Å². The SMILES string of the molecule is CC1CC2CCCCC2[N+]1(C)C.[OH-]. The Morgan fingerprint density at radius 1 is 1.08 bits per heavy atom. The van der Waals surface area contributed by atoms with E-state index in [0.717, 1.165) is 18.0 Å². The molecule has 1 aliphatic heterocycles. The highest BCUT2D eigenvalue weighted by atomic mass is 16.0. The molecule has 1 heterocycles. The molecule has 1 saturated carbocycles. The Hall–Kier alpha value is -0.0800. The first-order valence-corrected chi connectivity index (χ1v) is 5.45. The highest BCUT2D eigenvalue weighted by Gasteiger charge is 2.47. The number of rotatable bonds is 0. The van der Waals surface area contributed by atoms with Crippen molar-refractivity contribution >= 4 is 0 Å². The molecule has 2 nitrogen and oxygen atoms in total. The third kappa shape index (κ3) is 1.62. The number of hydrogen-bond donors (Lipinski definition) is 0. The van der Waals surface area contributed by atoms with Crippen LogP contribution < -0.4 is 0 Å². The summed E-state index contributed by atoms with van der Waals surface area (Å²) in [7, 11) is 4.86. The van der Waals surface area contributed by atoms with E-state index in [2.05, 4.69) is 21.0 Å². The lowest BCUT2D eigenvalue weighted by Crippen LogP contribution is -2.50. The molecule has 1 aliphatic carbocycles. The van der Waals surface area contributed by atoms with Gasteiger partial charge in [-0.05, 0) is 26.2 Å². The molecule has 13 heavy (non-hydrogen) atoms. The summed E-state index contributed by atoms with van der Waals surface area (Å²) >= 11 is 0. The van der Waals surface area contributed by atoms with Gasteiger partial charge in [-0.1, -0.05) is 6.42 Å². The molecule has 3 unspecified atom stereocenters. The van der Waals surface area contributed by atoms with Crippen LogP contribution in [0.1, 0.15) is 39.0 Å². The van der Waals surface area contributed by atoms with E-state index in [9.17, 15) is 0 Å². The van der Waals surface area contributed by atoms with Crippen LogP contribution in [0.25, 0.3) is 0 Å². The minimum Gasteiger partial charge on any atom is -0.870 e. The zero-order chi connectivity index (χ0) is 8.77. The van der Waals surface area contributed by atoms with Crippen molar-refractivity contribution < 1.29 is 9.96 Å². The smallest absolute Gasteiger partial charge is 0.0918 e. The predicted molar refractivity (Wildman–Crippen MR) is 53.9 cm³/mol. The Balaban J connectivity index is 0.000000845. The van der Waals surface area contributed by atoms with Crippen LogP contribution in [0.3, 0.4) is 0 Å². The molecule has 2 heteroatoms. The average Bonchev–Trinajstić information content (AvgIpc) is 2.25. The van der Waals surface area contributed by atoms with Crippen LogP contribution in [0.2, 0.25) is 0 Å². The fourth-order valence-corrected chi connectivity index (χ4v) is 3.38.